The SMILES string of the molecule is CC(=O)Nc1cccc(CNc2c(F)c(F)nc(F)c2F)c1. The zero-order valence-corrected chi connectivity index (χ0v) is 11.4. The van der Waals surface area contributed by atoms with E-state index in [0.717, 1.165) is 0 Å². The molecule has 1 aromatic heterocycles. The van der Waals surface area contributed by atoms with Crippen LogP contribution in [-0.2, 0) is 11.3 Å². The average Bonchev–Trinajstić information content (AvgIpc) is 2.45. The highest BCUT2D eigenvalue weighted by Gasteiger charge is 2.20. The van der Waals surface area contributed by atoms with Crippen molar-refractivity contribution in [1.82, 2.24) is 4.98 Å². The molecule has 4 nitrogen and oxygen atoms in total. The summed E-state index contributed by atoms with van der Waals surface area (Å²) in [5.74, 6) is -6.93. The number of nitrogens with one attached hydrogen (secondary N) is 2. The number of hydrogen-bond donors (Lipinski definition) is 2. The standard InChI is InChI=1S/C14H11F4N3O/c1-7(22)20-9-4-2-3-8(5-9)6-19-12-10(15)13(17)21-14(18)11(12)16/h2-5H,6H2,1H3,(H,19,21)(H,20,22). The van der Waals surface area contributed by atoms with Crippen molar-refractivity contribution in [2.45, 2.75) is 13.5 Å². The summed E-state index contributed by atoms with van der Waals surface area (Å²) in [6.45, 7) is 1.22. The van der Waals surface area contributed by atoms with Crippen LogP contribution in [0.4, 0.5) is 28.9 Å². The van der Waals surface area contributed by atoms with Crippen LogP contribution in [0.1, 0.15) is 12.5 Å². The molecular weight excluding hydrogens is 302 g/mol. The van der Waals surface area contributed by atoms with Gasteiger partial charge in [0.25, 0.3) is 11.9 Å². The van der Waals surface area contributed by atoms with Crippen LogP contribution < -0.4 is 10.6 Å². The third-order valence-corrected chi connectivity index (χ3v) is 2.71. The van der Waals surface area contributed by atoms with E-state index in [4.69, 9.17) is 0 Å². The van der Waals surface area contributed by atoms with Gasteiger partial charge in [0.1, 0.15) is 5.69 Å². The maximum absolute atomic E-state index is 13.4. The number of aromatic nitrogens is 1. The molecule has 0 aliphatic carbocycles. The van der Waals surface area contributed by atoms with Gasteiger partial charge in [0.15, 0.2) is 0 Å². The molecule has 0 saturated carbocycles. The summed E-state index contributed by atoms with van der Waals surface area (Å²) >= 11 is 0. The summed E-state index contributed by atoms with van der Waals surface area (Å²) in [4.78, 5) is 13.4. The van der Waals surface area contributed by atoms with E-state index in [0.29, 0.717) is 11.3 Å². The molecule has 1 amide bonds. The maximum Gasteiger partial charge on any atom is 0.253 e. The van der Waals surface area contributed by atoms with Crippen molar-refractivity contribution in [1.29, 1.82) is 0 Å². The first-order valence-corrected chi connectivity index (χ1v) is 6.19. The molecule has 0 unspecified atom stereocenters. The number of halogens is 4. The number of carbonyl (C=O) groups excluding carboxylic acids is 1. The predicted octanol–water partition coefficient (Wildman–Crippen LogP) is 3.21. The van der Waals surface area contributed by atoms with Gasteiger partial charge in [-0.2, -0.15) is 22.5 Å². The third-order valence-electron chi connectivity index (χ3n) is 2.71. The summed E-state index contributed by atoms with van der Waals surface area (Å²) in [5, 5.41) is 4.82. The Hall–Kier alpha value is -2.64. The molecule has 0 spiro atoms. The minimum Gasteiger partial charge on any atom is -0.376 e. The molecule has 2 aromatic rings. The number of nitrogens with zero attached hydrogens (tertiary/aromatic N) is 1. The van der Waals surface area contributed by atoms with Crippen LogP contribution in [-0.4, -0.2) is 10.9 Å². The molecular formula is C14H11F4N3O. The molecule has 2 N–H and O–H groups in total. The van der Waals surface area contributed by atoms with Gasteiger partial charge in [-0.1, -0.05) is 12.1 Å². The number of pyridine rings is 1. The van der Waals surface area contributed by atoms with Crippen LogP contribution in [0.25, 0.3) is 0 Å². The first-order valence-electron chi connectivity index (χ1n) is 6.19. The average molecular weight is 313 g/mol. The van der Waals surface area contributed by atoms with Gasteiger partial charge in [-0.25, -0.2) is 0 Å². The second-order valence-corrected chi connectivity index (χ2v) is 4.43. The normalized spacial score (nSPS) is 10.4. The Morgan fingerprint density at radius 1 is 1.14 bits per heavy atom. The Bertz CT molecular complexity index is 695. The van der Waals surface area contributed by atoms with E-state index in [1.54, 1.807) is 24.3 Å². The Balaban J connectivity index is 2.19. The summed E-state index contributed by atoms with van der Waals surface area (Å²) in [7, 11) is 0. The highest BCUT2D eigenvalue weighted by atomic mass is 19.2. The molecule has 1 heterocycles. The quantitative estimate of drug-likeness (QED) is 0.673. The first-order chi connectivity index (χ1) is 10.4. The van der Waals surface area contributed by atoms with Gasteiger partial charge in [-0.15, -0.1) is 0 Å². The van der Waals surface area contributed by atoms with Gasteiger partial charge in [-0.3, -0.25) is 4.79 Å². The largest absolute Gasteiger partial charge is 0.376 e. The van der Waals surface area contributed by atoms with Crippen molar-refractivity contribution in [2.75, 3.05) is 10.6 Å². The summed E-state index contributed by atoms with van der Waals surface area (Å²) in [6.07, 6.45) is 0. The number of hydrogen-bond acceptors (Lipinski definition) is 3. The molecule has 0 saturated heterocycles. The van der Waals surface area contributed by atoms with Crippen molar-refractivity contribution in [3.05, 3.63) is 53.4 Å². The fourth-order valence-corrected chi connectivity index (χ4v) is 1.79. The lowest BCUT2D eigenvalue weighted by atomic mass is 10.2. The fourth-order valence-electron chi connectivity index (χ4n) is 1.79. The van der Waals surface area contributed by atoms with Crippen molar-refractivity contribution in [3.8, 4) is 0 Å². The second-order valence-electron chi connectivity index (χ2n) is 4.43. The van der Waals surface area contributed by atoms with E-state index < -0.39 is 29.2 Å². The number of carbonyl (C=O) groups is 1. The van der Waals surface area contributed by atoms with Crippen LogP contribution in [0.2, 0.25) is 0 Å². The van der Waals surface area contributed by atoms with E-state index in [9.17, 15) is 22.4 Å². The number of amides is 1. The fraction of sp³-hybridized carbons (Fsp3) is 0.143. The van der Waals surface area contributed by atoms with Crippen LogP contribution >= 0.6 is 0 Å². The van der Waals surface area contributed by atoms with Crippen molar-refractivity contribution >= 4 is 17.3 Å². The monoisotopic (exact) mass is 313 g/mol. The first kappa shape index (κ1) is 15.7. The molecule has 0 bridgehead atoms. The Kier molecular flexibility index (Phi) is 4.59. The van der Waals surface area contributed by atoms with Crippen LogP contribution in [0.3, 0.4) is 0 Å². The summed E-state index contributed by atoms with van der Waals surface area (Å²) < 4.78 is 52.8. The maximum atomic E-state index is 13.4. The van der Waals surface area contributed by atoms with Crippen molar-refractivity contribution < 1.29 is 22.4 Å². The van der Waals surface area contributed by atoms with E-state index in [2.05, 4.69) is 15.6 Å². The predicted molar refractivity (Wildman–Crippen MR) is 72.1 cm³/mol. The molecule has 0 aliphatic heterocycles. The van der Waals surface area contributed by atoms with Crippen LogP contribution in [0, 0.1) is 23.5 Å². The lowest BCUT2D eigenvalue weighted by molar-refractivity contribution is -0.114. The minimum atomic E-state index is -1.73. The Morgan fingerprint density at radius 2 is 1.77 bits per heavy atom. The van der Waals surface area contributed by atoms with Crippen molar-refractivity contribution in [3.63, 3.8) is 0 Å². The highest BCUT2D eigenvalue weighted by Crippen LogP contribution is 2.23. The van der Waals surface area contributed by atoms with Gasteiger partial charge in [0.2, 0.25) is 17.5 Å². The topological polar surface area (TPSA) is 54.0 Å². The van der Waals surface area contributed by atoms with E-state index in [1.807, 2.05) is 0 Å². The lowest BCUT2D eigenvalue weighted by Gasteiger charge is -2.10. The zero-order chi connectivity index (χ0) is 16.3. The number of benzene rings is 1. The van der Waals surface area contributed by atoms with Gasteiger partial charge in [0.05, 0.1) is 0 Å². The highest BCUT2D eigenvalue weighted by molar-refractivity contribution is 5.88. The Morgan fingerprint density at radius 3 is 2.36 bits per heavy atom. The molecule has 116 valence electrons. The Labute approximate surface area is 123 Å². The van der Waals surface area contributed by atoms with Crippen LogP contribution in [0.15, 0.2) is 24.3 Å². The number of rotatable bonds is 4. The van der Waals surface area contributed by atoms with E-state index in [1.165, 1.54) is 6.92 Å². The molecule has 0 radical (unpaired) electrons. The molecule has 0 aliphatic rings. The third kappa shape index (κ3) is 3.51. The molecule has 22 heavy (non-hydrogen) atoms. The van der Waals surface area contributed by atoms with Gasteiger partial charge in [-0.05, 0) is 17.7 Å². The minimum absolute atomic E-state index is 0.107. The summed E-state index contributed by atoms with van der Waals surface area (Å²) in [6, 6.07) is 6.40. The molecule has 1 aromatic carbocycles. The van der Waals surface area contributed by atoms with Crippen LogP contribution in [0.5, 0.6) is 0 Å². The molecule has 2 rings (SSSR count). The second kappa shape index (κ2) is 6.42. The molecule has 0 atom stereocenters. The molecule has 0 fully saturated rings. The zero-order valence-electron chi connectivity index (χ0n) is 11.4. The smallest absolute Gasteiger partial charge is 0.253 e. The van der Waals surface area contributed by atoms with E-state index >= 15 is 0 Å². The lowest BCUT2D eigenvalue weighted by Crippen LogP contribution is -2.10. The van der Waals surface area contributed by atoms with Gasteiger partial charge >= 0.3 is 0 Å². The number of anilines is 2. The van der Waals surface area contributed by atoms with Gasteiger partial charge < -0.3 is 10.6 Å². The van der Waals surface area contributed by atoms with Crippen molar-refractivity contribution in [2.24, 2.45) is 0 Å². The van der Waals surface area contributed by atoms with Gasteiger partial charge in [0, 0.05) is 19.2 Å². The summed E-state index contributed by atoms with van der Waals surface area (Å²) in [5.41, 5.74) is 0.0949. The molecule has 8 heteroatoms. The van der Waals surface area contributed by atoms with E-state index in [-0.39, 0.29) is 12.5 Å².